The van der Waals surface area contributed by atoms with Gasteiger partial charge in [-0.3, -0.25) is 24.2 Å². The SMILES string of the molecule is CCC(C)C(NC(=O)C(CC(N)=O)NC(=O)C(Cc1ccc(O)cc1)NC(=O)C(N)CCCN=C(N)N)C(=O)O. The van der Waals surface area contributed by atoms with Gasteiger partial charge in [-0.2, -0.15) is 0 Å². The maximum absolute atomic E-state index is 13.3. The number of carboxylic acids is 1. The average molecular weight is 565 g/mol. The van der Waals surface area contributed by atoms with Gasteiger partial charge in [0.25, 0.3) is 0 Å². The number of carbonyl (C=O) groups is 5. The standard InChI is InChI=1S/C25H40N8O7/c1-3-13(2)20(24(39)40)33-23(38)18(12-19(27)35)32-22(37)17(11-14-6-8-15(34)9-7-14)31-21(36)16(26)5-4-10-30-25(28)29/h6-9,13,16-18,20,34H,3-5,10-12,26H2,1-2H3,(H2,27,35)(H,31,36)(H,32,37)(H,33,38)(H,39,40)(H4,28,29,30). The molecule has 0 saturated carbocycles. The molecule has 1 rings (SSSR count). The molecular formula is C25H40N8O7. The number of benzene rings is 1. The molecule has 0 bridgehead atoms. The summed E-state index contributed by atoms with van der Waals surface area (Å²) >= 11 is 0. The Morgan fingerprint density at radius 2 is 1.50 bits per heavy atom. The van der Waals surface area contributed by atoms with E-state index in [2.05, 4.69) is 20.9 Å². The molecule has 0 aliphatic heterocycles. The van der Waals surface area contributed by atoms with Gasteiger partial charge >= 0.3 is 5.97 Å². The Morgan fingerprint density at radius 1 is 0.925 bits per heavy atom. The maximum atomic E-state index is 13.3. The number of aliphatic imine (C=N–C) groups is 1. The summed E-state index contributed by atoms with van der Waals surface area (Å²) in [4.78, 5) is 66.2. The Morgan fingerprint density at radius 3 is 2.02 bits per heavy atom. The van der Waals surface area contributed by atoms with Gasteiger partial charge in [0.2, 0.25) is 23.6 Å². The van der Waals surface area contributed by atoms with Crippen molar-refractivity contribution in [3.63, 3.8) is 0 Å². The summed E-state index contributed by atoms with van der Waals surface area (Å²) in [5, 5.41) is 26.4. The van der Waals surface area contributed by atoms with Crippen LogP contribution in [-0.4, -0.2) is 76.5 Å². The highest BCUT2D eigenvalue weighted by Gasteiger charge is 2.32. The summed E-state index contributed by atoms with van der Waals surface area (Å²) in [6.07, 6.45) is 0.359. The Bertz CT molecular complexity index is 1060. The van der Waals surface area contributed by atoms with Gasteiger partial charge < -0.3 is 49.1 Å². The Balaban J connectivity index is 3.12. The highest BCUT2D eigenvalue weighted by molar-refractivity contribution is 5.96. The van der Waals surface area contributed by atoms with E-state index in [1.54, 1.807) is 13.8 Å². The van der Waals surface area contributed by atoms with E-state index in [1.807, 2.05) is 0 Å². The minimum Gasteiger partial charge on any atom is -0.508 e. The van der Waals surface area contributed by atoms with Crippen molar-refractivity contribution in [2.45, 2.75) is 70.1 Å². The lowest BCUT2D eigenvalue weighted by Gasteiger charge is -2.26. The quantitative estimate of drug-likeness (QED) is 0.0558. The number of guanidine groups is 1. The van der Waals surface area contributed by atoms with Crippen molar-refractivity contribution in [2.75, 3.05) is 6.54 Å². The van der Waals surface area contributed by atoms with Crippen molar-refractivity contribution in [1.82, 2.24) is 16.0 Å². The van der Waals surface area contributed by atoms with Gasteiger partial charge in [0.15, 0.2) is 5.96 Å². The number of nitrogens with two attached hydrogens (primary N) is 4. The Labute approximate surface area is 232 Å². The molecule has 222 valence electrons. The van der Waals surface area contributed by atoms with Crippen molar-refractivity contribution in [2.24, 2.45) is 33.8 Å². The van der Waals surface area contributed by atoms with E-state index in [0.29, 0.717) is 18.4 Å². The van der Waals surface area contributed by atoms with Crippen LogP contribution in [0.3, 0.4) is 0 Å². The van der Waals surface area contributed by atoms with Gasteiger partial charge in [-0.15, -0.1) is 0 Å². The molecule has 0 saturated heterocycles. The minimum absolute atomic E-state index is 0.0101. The van der Waals surface area contributed by atoms with Crippen LogP contribution in [0.1, 0.15) is 45.1 Å². The van der Waals surface area contributed by atoms with Crippen LogP contribution in [-0.2, 0) is 30.4 Å². The van der Waals surface area contributed by atoms with Crippen LogP contribution in [0.5, 0.6) is 5.75 Å². The van der Waals surface area contributed by atoms with Crippen molar-refractivity contribution in [1.29, 1.82) is 0 Å². The van der Waals surface area contributed by atoms with Crippen molar-refractivity contribution in [3.8, 4) is 5.75 Å². The number of primary amides is 1. The lowest BCUT2D eigenvalue weighted by atomic mass is 9.98. The average Bonchev–Trinajstić information content (AvgIpc) is 2.88. The molecule has 4 amide bonds. The molecule has 0 heterocycles. The van der Waals surface area contributed by atoms with E-state index in [9.17, 15) is 34.2 Å². The predicted molar refractivity (Wildman–Crippen MR) is 146 cm³/mol. The third kappa shape index (κ3) is 12.0. The number of nitrogens with one attached hydrogen (secondary N) is 3. The fraction of sp³-hybridized carbons (Fsp3) is 0.520. The second kappa shape index (κ2) is 16.5. The first-order valence-corrected chi connectivity index (χ1v) is 12.8. The van der Waals surface area contributed by atoms with Crippen molar-refractivity contribution < 1.29 is 34.2 Å². The summed E-state index contributed by atoms with van der Waals surface area (Å²) in [6, 6.07) is 0.812. The zero-order chi connectivity index (χ0) is 30.4. The molecule has 0 aromatic heterocycles. The molecule has 1 aromatic rings. The van der Waals surface area contributed by atoms with Gasteiger partial charge in [0.05, 0.1) is 12.5 Å². The number of aromatic hydroxyl groups is 1. The van der Waals surface area contributed by atoms with Gasteiger partial charge in [0.1, 0.15) is 23.9 Å². The number of hydrogen-bond donors (Lipinski definition) is 9. The first kappa shape index (κ1) is 33.6. The zero-order valence-corrected chi connectivity index (χ0v) is 22.6. The Hall–Kier alpha value is -4.40. The molecule has 0 aliphatic carbocycles. The second-order valence-electron chi connectivity index (χ2n) is 9.43. The van der Waals surface area contributed by atoms with E-state index >= 15 is 0 Å². The lowest BCUT2D eigenvalue weighted by Crippen LogP contribution is -2.58. The van der Waals surface area contributed by atoms with E-state index in [4.69, 9.17) is 22.9 Å². The number of carboxylic acid groups (broad SMARTS) is 1. The summed E-state index contributed by atoms with van der Waals surface area (Å²) in [5.74, 6) is -5.18. The summed E-state index contributed by atoms with van der Waals surface area (Å²) in [7, 11) is 0. The normalized spacial score (nSPS) is 14.5. The van der Waals surface area contributed by atoms with Crippen LogP contribution in [0.15, 0.2) is 29.3 Å². The van der Waals surface area contributed by atoms with Crippen LogP contribution < -0.4 is 38.9 Å². The van der Waals surface area contributed by atoms with E-state index in [0.717, 1.165) is 0 Å². The fourth-order valence-corrected chi connectivity index (χ4v) is 3.63. The van der Waals surface area contributed by atoms with Crippen LogP contribution in [0.25, 0.3) is 0 Å². The lowest BCUT2D eigenvalue weighted by molar-refractivity contribution is -0.144. The zero-order valence-electron chi connectivity index (χ0n) is 22.6. The first-order chi connectivity index (χ1) is 18.7. The third-order valence-electron chi connectivity index (χ3n) is 6.13. The monoisotopic (exact) mass is 564 g/mol. The van der Waals surface area contributed by atoms with Gasteiger partial charge in [-0.1, -0.05) is 32.4 Å². The van der Waals surface area contributed by atoms with E-state index in [1.165, 1.54) is 24.3 Å². The summed E-state index contributed by atoms with van der Waals surface area (Å²) in [5.41, 5.74) is 22.3. The number of aliphatic carboxylic acids is 1. The van der Waals surface area contributed by atoms with Crippen LogP contribution in [0, 0.1) is 5.92 Å². The molecule has 0 spiro atoms. The molecule has 1 aromatic carbocycles. The number of nitrogens with zero attached hydrogens (tertiary/aromatic N) is 1. The number of phenolic OH excluding ortho intramolecular Hbond substituents is 1. The number of amides is 4. The van der Waals surface area contributed by atoms with Crippen LogP contribution in [0.2, 0.25) is 0 Å². The summed E-state index contributed by atoms with van der Waals surface area (Å²) < 4.78 is 0. The molecule has 0 aliphatic rings. The third-order valence-corrected chi connectivity index (χ3v) is 6.13. The minimum atomic E-state index is -1.51. The number of phenols is 1. The van der Waals surface area contributed by atoms with E-state index in [-0.39, 0.29) is 31.1 Å². The maximum Gasteiger partial charge on any atom is 0.326 e. The molecule has 0 radical (unpaired) electrons. The molecule has 15 nitrogen and oxygen atoms in total. The second-order valence-corrected chi connectivity index (χ2v) is 9.43. The van der Waals surface area contributed by atoms with Crippen molar-refractivity contribution in [3.05, 3.63) is 29.8 Å². The molecule has 5 atom stereocenters. The summed E-state index contributed by atoms with van der Waals surface area (Å²) in [6.45, 7) is 3.63. The molecule has 0 fully saturated rings. The van der Waals surface area contributed by atoms with Gasteiger partial charge in [-0.05, 0) is 36.5 Å². The number of carbonyl (C=O) groups excluding carboxylic acids is 4. The fourth-order valence-electron chi connectivity index (χ4n) is 3.63. The molecule has 15 heteroatoms. The highest BCUT2D eigenvalue weighted by Crippen LogP contribution is 2.13. The number of rotatable bonds is 17. The topological polar surface area (TPSA) is 278 Å². The predicted octanol–water partition coefficient (Wildman–Crippen LogP) is -2.22. The molecule has 40 heavy (non-hydrogen) atoms. The first-order valence-electron chi connectivity index (χ1n) is 12.8. The Kier molecular flexibility index (Phi) is 13.9. The molecule has 5 unspecified atom stereocenters. The van der Waals surface area contributed by atoms with Gasteiger partial charge in [0, 0.05) is 13.0 Å². The molecular weight excluding hydrogens is 524 g/mol. The largest absolute Gasteiger partial charge is 0.508 e. The van der Waals surface area contributed by atoms with Crippen LogP contribution in [0.4, 0.5) is 0 Å². The van der Waals surface area contributed by atoms with E-state index < -0.39 is 66.1 Å². The highest BCUT2D eigenvalue weighted by atomic mass is 16.4. The smallest absolute Gasteiger partial charge is 0.326 e. The van der Waals surface area contributed by atoms with Crippen molar-refractivity contribution >= 4 is 35.6 Å². The van der Waals surface area contributed by atoms with Gasteiger partial charge in [-0.25, -0.2) is 4.79 Å². The number of hydrogen-bond acceptors (Lipinski definition) is 8. The molecule has 13 N–H and O–H groups in total. The van der Waals surface area contributed by atoms with Crippen LogP contribution >= 0.6 is 0 Å².